The minimum atomic E-state index is -0.442. The van der Waals surface area contributed by atoms with Crippen molar-refractivity contribution in [2.75, 3.05) is 19.1 Å². The molecule has 0 spiro atoms. The maximum Gasteiger partial charge on any atom is 0.293 e. The Bertz CT molecular complexity index is 1070. The van der Waals surface area contributed by atoms with Gasteiger partial charge in [0.15, 0.2) is 0 Å². The van der Waals surface area contributed by atoms with E-state index in [1.807, 2.05) is 30.3 Å². The molecule has 3 rings (SSSR count). The van der Waals surface area contributed by atoms with Crippen molar-refractivity contribution in [3.63, 3.8) is 0 Å². The largest absolute Gasteiger partial charge is 0.497 e. The van der Waals surface area contributed by atoms with Gasteiger partial charge in [-0.3, -0.25) is 14.9 Å². The first-order chi connectivity index (χ1) is 14.5. The van der Waals surface area contributed by atoms with E-state index in [0.717, 1.165) is 5.69 Å². The average Bonchev–Trinajstić information content (AvgIpc) is 2.79. The molecule has 0 aliphatic rings. The molecule has 3 aromatic rings. The van der Waals surface area contributed by atoms with Crippen molar-refractivity contribution in [3.8, 4) is 5.75 Å². The Balaban J connectivity index is 1.75. The summed E-state index contributed by atoms with van der Waals surface area (Å²) in [5.74, 6) is 0.242. The molecule has 0 aromatic heterocycles. The number of rotatable bonds is 7. The zero-order valence-corrected chi connectivity index (χ0v) is 16.5. The Kier molecular flexibility index (Phi) is 6.39. The molecule has 30 heavy (non-hydrogen) atoms. The molecular weight excluding hydrogens is 384 g/mol. The van der Waals surface area contributed by atoms with E-state index in [1.165, 1.54) is 12.3 Å². The molecule has 0 fully saturated rings. The van der Waals surface area contributed by atoms with Crippen molar-refractivity contribution in [2.45, 2.75) is 0 Å². The maximum atomic E-state index is 12.1. The van der Waals surface area contributed by atoms with E-state index in [9.17, 15) is 14.9 Å². The van der Waals surface area contributed by atoms with E-state index >= 15 is 0 Å². The van der Waals surface area contributed by atoms with Crippen LogP contribution in [0.3, 0.4) is 0 Å². The number of nitro benzene ring substituents is 1. The summed E-state index contributed by atoms with van der Waals surface area (Å²) in [6, 6.07) is 20.7. The number of para-hydroxylation sites is 1. The number of methoxy groups -OCH3 is 1. The van der Waals surface area contributed by atoms with Gasteiger partial charge in [0.25, 0.3) is 11.6 Å². The summed E-state index contributed by atoms with van der Waals surface area (Å²) in [5, 5.41) is 15.5. The SMILES string of the molecule is COc1ccc(C(=O)N/N=C\c2ccc(N(C)c3ccccc3)c([N+](=O)[O-])c2)cc1. The molecular formula is C22H20N4O4. The molecule has 0 radical (unpaired) electrons. The summed E-state index contributed by atoms with van der Waals surface area (Å²) in [6.45, 7) is 0. The molecule has 3 aromatic carbocycles. The van der Waals surface area contributed by atoms with Crippen LogP contribution in [0, 0.1) is 10.1 Å². The van der Waals surface area contributed by atoms with E-state index < -0.39 is 10.8 Å². The van der Waals surface area contributed by atoms with Gasteiger partial charge < -0.3 is 9.64 Å². The van der Waals surface area contributed by atoms with Crippen LogP contribution in [0.25, 0.3) is 0 Å². The number of hydrazone groups is 1. The third-order valence-corrected chi connectivity index (χ3v) is 4.43. The van der Waals surface area contributed by atoms with E-state index in [0.29, 0.717) is 22.6 Å². The lowest BCUT2D eigenvalue weighted by molar-refractivity contribution is -0.384. The lowest BCUT2D eigenvalue weighted by atomic mass is 10.1. The second-order valence-corrected chi connectivity index (χ2v) is 6.33. The fraction of sp³-hybridized carbons (Fsp3) is 0.0909. The number of hydrogen-bond acceptors (Lipinski definition) is 6. The number of nitrogens with zero attached hydrogens (tertiary/aromatic N) is 3. The van der Waals surface area contributed by atoms with E-state index in [2.05, 4.69) is 10.5 Å². The van der Waals surface area contributed by atoms with Crippen LogP contribution < -0.4 is 15.1 Å². The predicted octanol–water partition coefficient (Wildman–Crippen LogP) is 4.14. The zero-order valence-electron chi connectivity index (χ0n) is 16.5. The van der Waals surface area contributed by atoms with Crippen LogP contribution in [-0.4, -0.2) is 31.2 Å². The Morgan fingerprint density at radius 1 is 1.10 bits per heavy atom. The highest BCUT2D eigenvalue weighted by Crippen LogP contribution is 2.32. The van der Waals surface area contributed by atoms with Crippen molar-refractivity contribution in [2.24, 2.45) is 5.10 Å². The van der Waals surface area contributed by atoms with Crippen molar-refractivity contribution >= 4 is 29.2 Å². The van der Waals surface area contributed by atoms with Crippen LogP contribution in [0.1, 0.15) is 15.9 Å². The number of ether oxygens (including phenoxy) is 1. The molecule has 8 heteroatoms. The number of carbonyl (C=O) groups is 1. The fourth-order valence-corrected chi connectivity index (χ4v) is 2.81. The Hall–Kier alpha value is -4.20. The van der Waals surface area contributed by atoms with Crippen molar-refractivity contribution in [3.05, 3.63) is 94.0 Å². The highest BCUT2D eigenvalue weighted by atomic mass is 16.6. The monoisotopic (exact) mass is 404 g/mol. The molecule has 0 saturated heterocycles. The normalized spacial score (nSPS) is 10.6. The standard InChI is InChI=1S/C22H20N4O4/c1-25(18-6-4-3-5-7-18)20-13-8-16(14-21(20)26(28)29)15-23-24-22(27)17-9-11-19(30-2)12-10-17/h3-15H,1-2H3,(H,24,27)/b23-15-. The lowest BCUT2D eigenvalue weighted by Gasteiger charge is -2.19. The van der Waals surface area contributed by atoms with Gasteiger partial charge in [-0.1, -0.05) is 24.3 Å². The van der Waals surface area contributed by atoms with Gasteiger partial charge in [0.2, 0.25) is 0 Å². The first-order valence-corrected chi connectivity index (χ1v) is 9.04. The highest BCUT2D eigenvalue weighted by molar-refractivity contribution is 5.95. The summed E-state index contributed by atoms with van der Waals surface area (Å²) in [7, 11) is 3.31. The summed E-state index contributed by atoms with van der Waals surface area (Å²) in [6.07, 6.45) is 1.36. The van der Waals surface area contributed by atoms with E-state index in [1.54, 1.807) is 55.5 Å². The molecule has 1 N–H and O–H groups in total. The van der Waals surface area contributed by atoms with Gasteiger partial charge >= 0.3 is 0 Å². The average molecular weight is 404 g/mol. The van der Waals surface area contributed by atoms with E-state index in [4.69, 9.17) is 4.74 Å². The summed E-state index contributed by atoms with van der Waals surface area (Å²) >= 11 is 0. The molecule has 152 valence electrons. The predicted molar refractivity (Wildman–Crippen MR) is 116 cm³/mol. The summed E-state index contributed by atoms with van der Waals surface area (Å²) in [5.41, 5.74) is 4.52. The van der Waals surface area contributed by atoms with Gasteiger partial charge in [-0.15, -0.1) is 0 Å². The van der Waals surface area contributed by atoms with Crippen LogP contribution in [0.5, 0.6) is 5.75 Å². The molecule has 8 nitrogen and oxygen atoms in total. The van der Waals surface area contributed by atoms with Gasteiger partial charge in [-0.2, -0.15) is 5.10 Å². The Morgan fingerprint density at radius 2 is 1.80 bits per heavy atom. The number of anilines is 2. The quantitative estimate of drug-likeness (QED) is 0.363. The van der Waals surface area contributed by atoms with Gasteiger partial charge in [-0.05, 0) is 42.5 Å². The molecule has 0 saturated carbocycles. The molecule has 0 bridgehead atoms. The van der Waals surface area contributed by atoms with Crippen molar-refractivity contribution < 1.29 is 14.5 Å². The summed E-state index contributed by atoms with van der Waals surface area (Å²) < 4.78 is 5.05. The van der Waals surface area contributed by atoms with Gasteiger partial charge in [0.05, 0.1) is 18.2 Å². The summed E-state index contributed by atoms with van der Waals surface area (Å²) in [4.78, 5) is 25.0. The lowest BCUT2D eigenvalue weighted by Crippen LogP contribution is -2.17. The smallest absolute Gasteiger partial charge is 0.293 e. The van der Waals surface area contributed by atoms with Crippen LogP contribution >= 0.6 is 0 Å². The number of nitro groups is 1. The van der Waals surface area contributed by atoms with Crippen LogP contribution in [-0.2, 0) is 0 Å². The molecule has 0 atom stereocenters. The minimum absolute atomic E-state index is 0.0632. The van der Waals surface area contributed by atoms with E-state index in [-0.39, 0.29) is 5.69 Å². The van der Waals surface area contributed by atoms with Crippen LogP contribution in [0.15, 0.2) is 77.9 Å². The number of carbonyl (C=O) groups excluding carboxylic acids is 1. The molecule has 0 aliphatic heterocycles. The van der Waals surface area contributed by atoms with Gasteiger partial charge in [0, 0.05) is 29.9 Å². The second kappa shape index (κ2) is 9.33. The molecule has 0 heterocycles. The second-order valence-electron chi connectivity index (χ2n) is 6.33. The first kappa shape index (κ1) is 20.5. The molecule has 0 aliphatic carbocycles. The fourth-order valence-electron chi connectivity index (χ4n) is 2.81. The van der Waals surface area contributed by atoms with Gasteiger partial charge in [-0.25, -0.2) is 5.43 Å². The zero-order chi connectivity index (χ0) is 21.5. The highest BCUT2D eigenvalue weighted by Gasteiger charge is 2.18. The topological polar surface area (TPSA) is 97.1 Å². The number of benzene rings is 3. The maximum absolute atomic E-state index is 12.1. The number of nitrogens with one attached hydrogen (secondary N) is 1. The van der Waals surface area contributed by atoms with Gasteiger partial charge in [0.1, 0.15) is 11.4 Å². The third kappa shape index (κ3) is 4.79. The number of hydrogen-bond donors (Lipinski definition) is 1. The van der Waals surface area contributed by atoms with Crippen molar-refractivity contribution in [1.82, 2.24) is 5.43 Å². The Morgan fingerprint density at radius 3 is 2.43 bits per heavy atom. The number of amides is 1. The third-order valence-electron chi connectivity index (χ3n) is 4.43. The van der Waals surface area contributed by atoms with Crippen molar-refractivity contribution in [1.29, 1.82) is 0 Å². The first-order valence-electron chi connectivity index (χ1n) is 9.04. The minimum Gasteiger partial charge on any atom is -0.497 e. The van der Waals surface area contributed by atoms with Crippen LogP contribution in [0.2, 0.25) is 0 Å². The molecule has 0 unspecified atom stereocenters. The Labute approximate surface area is 173 Å². The molecule has 1 amide bonds. The van der Waals surface area contributed by atoms with Crippen LogP contribution in [0.4, 0.5) is 17.1 Å².